The Labute approximate surface area is 223 Å². The smallest absolute Gasteiger partial charge is 0.241 e. The van der Waals surface area contributed by atoms with Crippen LogP contribution in [-0.4, -0.2) is 71.0 Å². The second kappa shape index (κ2) is 13.7. The summed E-state index contributed by atoms with van der Waals surface area (Å²) in [7, 11) is 0. The fourth-order valence-corrected chi connectivity index (χ4v) is 5.18. The summed E-state index contributed by atoms with van der Waals surface area (Å²) in [5.41, 5.74) is 17.8. The van der Waals surface area contributed by atoms with E-state index in [1.54, 1.807) is 17.5 Å². The normalized spacial score (nSPS) is 15.8. The summed E-state index contributed by atoms with van der Waals surface area (Å²) in [6.45, 7) is 0.632. The molecule has 2 heterocycles. The number of benzene rings is 1. The summed E-state index contributed by atoms with van der Waals surface area (Å²) in [5, 5.41) is 12.2. The largest absolute Gasteiger partial charge is 0.384 e. The number of carbonyl (C=O) groups excluding carboxylic acids is 3. The lowest BCUT2D eigenvalue weighted by molar-refractivity contribution is -0.134. The number of nitrogens with one attached hydrogen (secondary N) is 3. The summed E-state index contributed by atoms with van der Waals surface area (Å²) in [6, 6.07) is 6.16. The number of likely N-dealkylation sites (tertiary alicyclic amines) is 1. The third kappa shape index (κ3) is 8.55. The van der Waals surface area contributed by atoms with E-state index in [0.29, 0.717) is 48.7 Å². The number of aliphatic imine (C=N–C) groups is 1. The van der Waals surface area contributed by atoms with Gasteiger partial charge in [-0.3, -0.25) is 29.5 Å². The highest BCUT2D eigenvalue weighted by molar-refractivity contribution is 7.96. The van der Waals surface area contributed by atoms with Crippen molar-refractivity contribution in [3.63, 3.8) is 0 Å². The molecular weight excluding hydrogens is 514 g/mol. The zero-order valence-corrected chi connectivity index (χ0v) is 21.8. The number of nitrogens with two attached hydrogens (primary N) is 3. The number of aromatic nitrogens is 1. The van der Waals surface area contributed by atoms with Gasteiger partial charge in [0, 0.05) is 36.0 Å². The van der Waals surface area contributed by atoms with Gasteiger partial charge in [-0.1, -0.05) is 36.2 Å². The van der Waals surface area contributed by atoms with Crippen molar-refractivity contribution in [2.24, 2.45) is 22.2 Å². The van der Waals surface area contributed by atoms with Crippen molar-refractivity contribution in [3.05, 3.63) is 52.0 Å². The Balaban J connectivity index is 1.48. The number of rotatable bonds is 14. The molecule has 2 amide bonds. The summed E-state index contributed by atoms with van der Waals surface area (Å²) in [4.78, 5) is 47.9. The molecule has 0 spiro atoms. The van der Waals surface area contributed by atoms with Gasteiger partial charge < -0.3 is 27.4 Å². The summed E-state index contributed by atoms with van der Waals surface area (Å²) < 4.78 is 3.17. The third-order valence-corrected chi connectivity index (χ3v) is 7.32. The van der Waals surface area contributed by atoms with Gasteiger partial charge in [-0.15, -0.1) is 11.3 Å². The maximum absolute atomic E-state index is 12.8. The van der Waals surface area contributed by atoms with Crippen LogP contribution in [0.5, 0.6) is 0 Å². The Morgan fingerprint density at radius 1 is 1.27 bits per heavy atom. The van der Waals surface area contributed by atoms with Gasteiger partial charge in [0.05, 0.1) is 18.6 Å². The quantitative estimate of drug-likeness (QED) is 0.0629. The van der Waals surface area contributed by atoms with Gasteiger partial charge in [-0.2, -0.15) is 0 Å². The number of hydrogen-bond acceptors (Lipinski definition) is 9. The Morgan fingerprint density at radius 2 is 2.03 bits per heavy atom. The molecule has 1 aromatic carbocycles. The van der Waals surface area contributed by atoms with E-state index in [2.05, 4.69) is 20.0 Å². The zero-order chi connectivity index (χ0) is 26.8. The van der Waals surface area contributed by atoms with Crippen molar-refractivity contribution < 1.29 is 14.4 Å². The Hall–Kier alpha value is -3.49. The van der Waals surface area contributed by atoms with E-state index in [4.69, 9.17) is 22.6 Å². The predicted molar refractivity (Wildman–Crippen MR) is 145 cm³/mol. The number of amidine groups is 1. The van der Waals surface area contributed by atoms with Crippen LogP contribution in [0.15, 0.2) is 40.8 Å². The molecule has 0 unspecified atom stereocenters. The van der Waals surface area contributed by atoms with Crippen molar-refractivity contribution in [1.29, 1.82) is 5.41 Å². The number of thiazole rings is 1. The van der Waals surface area contributed by atoms with Crippen LogP contribution in [0.3, 0.4) is 0 Å². The van der Waals surface area contributed by atoms with Crippen LogP contribution in [0, 0.1) is 5.41 Å². The van der Waals surface area contributed by atoms with Crippen LogP contribution in [0.4, 0.5) is 0 Å². The first-order chi connectivity index (χ1) is 17.7. The average molecular weight is 546 g/mol. The molecule has 0 bridgehead atoms. The first-order valence-corrected chi connectivity index (χ1v) is 13.5. The monoisotopic (exact) mass is 545 g/mol. The zero-order valence-electron chi connectivity index (χ0n) is 20.2. The Kier molecular flexibility index (Phi) is 10.4. The van der Waals surface area contributed by atoms with Crippen molar-refractivity contribution in [2.75, 3.05) is 19.6 Å². The van der Waals surface area contributed by atoms with E-state index < -0.39 is 18.0 Å². The number of ketones is 1. The van der Waals surface area contributed by atoms with E-state index in [1.807, 2.05) is 12.1 Å². The van der Waals surface area contributed by atoms with E-state index in [0.717, 1.165) is 5.56 Å². The first kappa shape index (κ1) is 28.1. The van der Waals surface area contributed by atoms with Crippen LogP contribution in [-0.2, 0) is 15.3 Å². The van der Waals surface area contributed by atoms with Gasteiger partial charge in [0.25, 0.3) is 0 Å². The van der Waals surface area contributed by atoms with Gasteiger partial charge in [-0.25, -0.2) is 4.98 Å². The van der Waals surface area contributed by atoms with E-state index in [-0.39, 0.29) is 30.0 Å². The molecule has 2 atom stereocenters. The van der Waals surface area contributed by atoms with Gasteiger partial charge >= 0.3 is 0 Å². The molecule has 1 aliphatic heterocycles. The maximum atomic E-state index is 12.8. The first-order valence-electron chi connectivity index (χ1n) is 11.6. The van der Waals surface area contributed by atoms with Gasteiger partial charge in [0.1, 0.15) is 5.84 Å². The average Bonchev–Trinajstić information content (AvgIpc) is 3.52. The predicted octanol–water partition coefficient (Wildman–Crippen LogP) is 0.187. The van der Waals surface area contributed by atoms with Crippen molar-refractivity contribution in [3.8, 4) is 0 Å². The van der Waals surface area contributed by atoms with Crippen LogP contribution in [0.2, 0.25) is 0 Å². The van der Waals surface area contributed by atoms with Crippen LogP contribution < -0.4 is 27.2 Å². The highest BCUT2D eigenvalue weighted by atomic mass is 32.2. The summed E-state index contributed by atoms with van der Waals surface area (Å²) in [5.74, 6) is -0.250. The third-order valence-electron chi connectivity index (χ3n) is 5.60. The lowest BCUT2D eigenvalue weighted by atomic mass is 10.1. The van der Waals surface area contributed by atoms with Gasteiger partial charge in [0.2, 0.25) is 17.6 Å². The summed E-state index contributed by atoms with van der Waals surface area (Å²) in [6.07, 6.45) is 2.93. The van der Waals surface area contributed by atoms with E-state index >= 15 is 0 Å². The number of guanidine groups is 1. The molecule has 37 heavy (non-hydrogen) atoms. The molecule has 9 N–H and O–H groups in total. The number of carbonyl (C=O) groups is 3. The van der Waals surface area contributed by atoms with Crippen LogP contribution >= 0.6 is 23.3 Å². The molecule has 0 radical (unpaired) electrons. The van der Waals surface area contributed by atoms with Crippen molar-refractivity contribution >= 4 is 52.7 Å². The molecule has 198 valence electrons. The second-order valence-corrected chi connectivity index (χ2v) is 10.1. The number of nitrogen functional groups attached to an aromatic ring is 1. The number of hydrogen-bond donors (Lipinski definition) is 6. The van der Waals surface area contributed by atoms with E-state index in [1.165, 1.54) is 34.4 Å². The molecule has 2 aromatic rings. The second-order valence-electron chi connectivity index (χ2n) is 8.39. The van der Waals surface area contributed by atoms with Crippen molar-refractivity contribution in [1.82, 2.24) is 19.9 Å². The minimum atomic E-state index is -0.788. The fourth-order valence-electron chi connectivity index (χ4n) is 3.69. The number of Topliss-reactive ketones (excluding diaryl/α,β-unsaturated/α-hetero) is 1. The highest BCUT2D eigenvalue weighted by Crippen LogP contribution is 2.17. The topological polar surface area (TPSA) is 206 Å². The lowest BCUT2D eigenvalue weighted by Gasteiger charge is -2.20. The molecule has 1 saturated heterocycles. The Bertz CT molecular complexity index is 1120. The SMILES string of the molecule is N=C(N)c1ccc(CSN[C@H]2CCN(CC(=O)N[C@@H](CCCN=C(N)N)C(=O)c3nccs3)C2=O)cc1. The molecule has 1 aromatic heterocycles. The number of amides is 2. The van der Waals surface area contributed by atoms with E-state index in [9.17, 15) is 14.4 Å². The van der Waals surface area contributed by atoms with Crippen LogP contribution in [0.25, 0.3) is 0 Å². The van der Waals surface area contributed by atoms with Gasteiger partial charge in [-0.05, 0) is 24.8 Å². The molecule has 14 heteroatoms. The van der Waals surface area contributed by atoms with Crippen molar-refractivity contribution in [2.45, 2.75) is 37.1 Å². The Morgan fingerprint density at radius 3 is 2.68 bits per heavy atom. The van der Waals surface area contributed by atoms with Gasteiger partial charge in [0.15, 0.2) is 11.0 Å². The molecule has 3 rings (SSSR count). The maximum Gasteiger partial charge on any atom is 0.241 e. The highest BCUT2D eigenvalue weighted by Gasteiger charge is 2.33. The summed E-state index contributed by atoms with van der Waals surface area (Å²) >= 11 is 2.61. The molecule has 0 saturated carbocycles. The fraction of sp³-hybridized carbons (Fsp3) is 0.391. The number of nitrogens with zero attached hydrogens (tertiary/aromatic N) is 3. The standard InChI is InChI=1S/C23H31N9O3S2/c24-20(25)15-5-3-14(4-6-15)13-37-31-17-7-10-32(22(17)35)12-18(33)30-16(2-1-8-29-23(26)27)19(34)21-28-9-11-36-21/h3-6,9,11,16-17,31H,1-2,7-8,10,12-13H2,(H3,24,25)(H,30,33)(H4,26,27,29)/t16-,17-/m0/s1. The molecule has 12 nitrogen and oxygen atoms in total. The minimum absolute atomic E-state index is 0.0165. The lowest BCUT2D eigenvalue weighted by Crippen LogP contribution is -2.47. The molecule has 0 aliphatic carbocycles. The molecule has 1 aliphatic rings. The van der Waals surface area contributed by atoms with Crippen LogP contribution in [0.1, 0.15) is 40.2 Å². The minimum Gasteiger partial charge on any atom is -0.384 e. The molecule has 1 fully saturated rings. The molecular formula is C23H31N9O3S2.